The summed E-state index contributed by atoms with van der Waals surface area (Å²) < 4.78 is 0. The van der Waals surface area contributed by atoms with Crippen molar-refractivity contribution in [2.75, 3.05) is 6.54 Å². The number of hydrogen-bond donors (Lipinski definition) is 1. The Bertz CT molecular complexity index is 443. The van der Waals surface area contributed by atoms with E-state index in [1.165, 1.54) is 43.4 Å². The zero-order valence-electron chi connectivity index (χ0n) is 12.2. The van der Waals surface area contributed by atoms with E-state index in [2.05, 4.69) is 43.0 Å². The molecule has 19 heavy (non-hydrogen) atoms. The van der Waals surface area contributed by atoms with E-state index < -0.39 is 0 Å². The van der Waals surface area contributed by atoms with Crippen LogP contribution in [-0.4, -0.2) is 23.5 Å². The lowest BCUT2D eigenvalue weighted by Gasteiger charge is -2.35. The maximum absolute atomic E-state index is 6.64. The van der Waals surface area contributed by atoms with Crippen LogP contribution in [0, 0.1) is 5.92 Å². The quantitative estimate of drug-likeness (QED) is 0.784. The molecule has 0 saturated carbocycles. The van der Waals surface area contributed by atoms with E-state index in [1.54, 1.807) is 0 Å². The van der Waals surface area contributed by atoms with E-state index in [0.717, 1.165) is 5.92 Å². The van der Waals surface area contributed by atoms with Gasteiger partial charge in [-0.3, -0.25) is 4.90 Å². The Morgan fingerprint density at radius 1 is 1.21 bits per heavy atom. The maximum Gasteiger partial charge on any atom is 0.0455 e. The van der Waals surface area contributed by atoms with Crippen molar-refractivity contribution in [3.63, 3.8) is 0 Å². The Morgan fingerprint density at radius 3 is 2.74 bits per heavy atom. The lowest BCUT2D eigenvalue weighted by Crippen LogP contribution is -2.44. The molecule has 1 aromatic rings. The van der Waals surface area contributed by atoms with Gasteiger partial charge in [0.1, 0.15) is 0 Å². The van der Waals surface area contributed by atoms with Gasteiger partial charge in [0.15, 0.2) is 0 Å². The van der Waals surface area contributed by atoms with Crippen LogP contribution < -0.4 is 5.73 Å². The van der Waals surface area contributed by atoms with Crippen LogP contribution in [0.25, 0.3) is 0 Å². The zero-order chi connectivity index (χ0) is 13.4. The Labute approximate surface area is 117 Å². The van der Waals surface area contributed by atoms with Crippen molar-refractivity contribution in [3.05, 3.63) is 35.4 Å². The fourth-order valence-corrected chi connectivity index (χ4v) is 4.14. The molecule has 1 heterocycles. The molecule has 1 aromatic carbocycles. The first-order valence-electron chi connectivity index (χ1n) is 7.76. The average Bonchev–Trinajstić information content (AvgIpc) is 2.64. The summed E-state index contributed by atoms with van der Waals surface area (Å²) in [6.45, 7) is 5.96. The van der Waals surface area contributed by atoms with Crippen LogP contribution >= 0.6 is 0 Å². The monoisotopic (exact) mass is 258 g/mol. The molecular weight excluding hydrogens is 232 g/mol. The molecule has 1 aliphatic carbocycles. The molecule has 0 amide bonds. The number of hydrogen-bond acceptors (Lipinski definition) is 2. The highest BCUT2D eigenvalue weighted by atomic mass is 15.2. The summed E-state index contributed by atoms with van der Waals surface area (Å²) in [6, 6.07) is 10.2. The highest BCUT2D eigenvalue weighted by Crippen LogP contribution is 2.35. The number of nitrogens with zero attached hydrogens (tertiary/aromatic N) is 1. The molecule has 1 aliphatic heterocycles. The molecule has 2 nitrogen and oxygen atoms in total. The predicted molar refractivity (Wildman–Crippen MR) is 80.0 cm³/mol. The Kier molecular flexibility index (Phi) is 3.64. The van der Waals surface area contributed by atoms with Gasteiger partial charge in [-0.05, 0) is 49.7 Å². The van der Waals surface area contributed by atoms with Crippen LogP contribution in [0.2, 0.25) is 0 Å². The lowest BCUT2D eigenvalue weighted by molar-refractivity contribution is 0.153. The van der Waals surface area contributed by atoms with E-state index in [0.29, 0.717) is 12.1 Å². The van der Waals surface area contributed by atoms with Crippen LogP contribution in [0.4, 0.5) is 0 Å². The van der Waals surface area contributed by atoms with Crippen molar-refractivity contribution in [2.24, 2.45) is 11.7 Å². The molecule has 0 spiro atoms. The van der Waals surface area contributed by atoms with Crippen molar-refractivity contribution < 1.29 is 0 Å². The molecule has 2 heteroatoms. The lowest BCUT2D eigenvalue weighted by atomic mass is 9.95. The summed E-state index contributed by atoms with van der Waals surface area (Å²) in [7, 11) is 0. The van der Waals surface area contributed by atoms with Gasteiger partial charge < -0.3 is 5.73 Å². The summed E-state index contributed by atoms with van der Waals surface area (Å²) in [4.78, 5) is 2.68. The first-order valence-corrected chi connectivity index (χ1v) is 7.76. The average molecular weight is 258 g/mol. The van der Waals surface area contributed by atoms with Gasteiger partial charge in [-0.1, -0.05) is 31.2 Å². The third-order valence-corrected chi connectivity index (χ3v) is 5.03. The highest BCUT2D eigenvalue weighted by Gasteiger charge is 2.36. The molecule has 0 radical (unpaired) electrons. The van der Waals surface area contributed by atoms with Crippen molar-refractivity contribution in [2.45, 2.75) is 57.7 Å². The van der Waals surface area contributed by atoms with Gasteiger partial charge in [0, 0.05) is 24.7 Å². The zero-order valence-corrected chi connectivity index (χ0v) is 12.2. The molecule has 3 rings (SSSR count). The molecule has 2 aliphatic rings. The molecule has 4 unspecified atom stereocenters. The van der Waals surface area contributed by atoms with Gasteiger partial charge in [-0.15, -0.1) is 0 Å². The smallest absolute Gasteiger partial charge is 0.0455 e. The molecule has 0 bridgehead atoms. The Hall–Kier alpha value is -0.860. The highest BCUT2D eigenvalue weighted by molar-refractivity contribution is 5.32. The molecule has 104 valence electrons. The van der Waals surface area contributed by atoms with Crippen molar-refractivity contribution in [3.8, 4) is 0 Å². The van der Waals surface area contributed by atoms with Crippen LogP contribution in [0.1, 0.15) is 50.3 Å². The van der Waals surface area contributed by atoms with Gasteiger partial charge in [-0.25, -0.2) is 0 Å². The number of nitrogens with two attached hydrogens (primary N) is 1. The third kappa shape index (κ3) is 2.44. The molecular formula is C17H26N2. The van der Waals surface area contributed by atoms with E-state index in [1.807, 2.05) is 0 Å². The predicted octanol–water partition coefficient (Wildman–Crippen LogP) is 3.12. The van der Waals surface area contributed by atoms with E-state index in [-0.39, 0.29) is 6.04 Å². The van der Waals surface area contributed by atoms with Gasteiger partial charge in [0.2, 0.25) is 0 Å². The SMILES string of the molecule is CC1CC(C)N(C2CCCc3ccccc3C2N)C1. The molecule has 1 saturated heterocycles. The summed E-state index contributed by atoms with van der Waals surface area (Å²) in [5.41, 5.74) is 9.49. The van der Waals surface area contributed by atoms with Gasteiger partial charge in [-0.2, -0.15) is 0 Å². The number of aryl methyl sites for hydroxylation is 1. The second-order valence-electron chi connectivity index (χ2n) is 6.57. The maximum atomic E-state index is 6.64. The summed E-state index contributed by atoms with van der Waals surface area (Å²) in [5, 5.41) is 0. The largest absolute Gasteiger partial charge is 0.323 e. The topological polar surface area (TPSA) is 29.3 Å². The number of benzene rings is 1. The van der Waals surface area contributed by atoms with E-state index in [4.69, 9.17) is 5.73 Å². The van der Waals surface area contributed by atoms with Gasteiger partial charge in [0.05, 0.1) is 0 Å². The third-order valence-electron chi connectivity index (χ3n) is 5.03. The second kappa shape index (κ2) is 5.26. The van der Waals surface area contributed by atoms with Gasteiger partial charge in [0.25, 0.3) is 0 Å². The van der Waals surface area contributed by atoms with Crippen molar-refractivity contribution in [1.29, 1.82) is 0 Å². The van der Waals surface area contributed by atoms with Crippen molar-refractivity contribution in [1.82, 2.24) is 4.90 Å². The summed E-state index contributed by atoms with van der Waals surface area (Å²) in [5.74, 6) is 0.820. The first kappa shape index (κ1) is 13.1. The Balaban J connectivity index is 1.87. The van der Waals surface area contributed by atoms with E-state index >= 15 is 0 Å². The second-order valence-corrected chi connectivity index (χ2v) is 6.57. The minimum atomic E-state index is 0.187. The number of fused-ring (bicyclic) bond motifs is 1. The van der Waals surface area contributed by atoms with Crippen LogP contribution in [0.3, 0.4) is 0 Å². The molecule has 1 fully saturated rings. The fourth-order valence-electron chi connectivity index (χ4n) is 4.14. The van der Waals surface area contributed by atoms with Crippen LogP contribution in [0.15, 0.2) is 24.3 Å². The fraction of sp³-hybridized carbons (Fsp3) is 0.647. The minimum absolute atomic E-state index is 0.187. The number of likely N-dealkylation sites (tertiary alicyclic amines) is 1. The molecule has 4 atom stereocenters. The Morgan fingerprint density at radius 2 is 2.00 bits per heavy atom. The summed E-state index contributed by atoms with van der Waals surface area (Å²) >= 11 is 0. The summed E-state index contributed by atoms with van der Waals surface area (Å²) in [6.07, 6.45) is 5.03. The van der Waals surface area contributed by atoms with Crippen LogP contribution in [-0.2, 0) is 6.42 Å². The van der Waals surface area contributed by atoms with E-state index in [9.17, 15) is 0 Å². The molecule has 2 N–H and O–H groups in total. The number of rotatable bonds is 1. The van der Waals surface area contributed by atoms with Crippen LogP contribution in [0.5, 0.6) is 0 Å². The molecule has 0 aromatic heterocycles. The first-order chi connectivity index (χ1) is 9.16. The standard InChI is InChI=1S/C17H26N2/c1-12-10-13(2)19(11-12)16-9-5-7-14-6-3-4-8-15(14)17(16)18/h3-4,6,8,12-13,16-17H,5,7,9-11,18H2,1-2H3. The minimum Gasteiger partial charge on any atom is -0.323 e. The van der Waals surface area contributed by atoms with Crippen molar-refractivity contribution >= 4 is 0 Å². The normalized spacial score (nSPS) is 35.9. The van der Waals surface area contributed by atoms with Gasteiger partial charge >= 0.3 is 0 Å².